The fourth-order valence-corrected chi connectivity index (χ4v) is 4.42. The van der Waals surface area contributed by atoms with E-state index in [1.807, 2.05) is 24.3 Å². The summed E-state index contributed by atoms with van der Waals surface area (Å²) < 4.78 is 18.3. The third kappa shape index (κ3) is 3.79. The Morgan fingerprint density at radius 1 is 0.882 bits per heavy atom. The second-order valence-corrected chi connectivity index (χ2v) is 8.01. The van der Waals surface area contributed by atoms with Crippen LogP contribution in [0.15, 0.2) is 54.7 Å². The maximum Gasteiger partial charge on any atom is 0.321 e. The molecule has 0 atom stereocenters. The van der Waals surface area contributed by atoms with Gasteiger partial charge in [0.15, 0.2) is 17.3 Å². The van der Waals surface area contributed by atoms with E-state index < -0.39 is 0 Å². The van der Waals surface area contributed by atoms with Gasteiger partial charge in [-0.2, -0.15) is 0 Å². The van der Waals surface area contributed by atoms with Crippen molar-refractivity contribution >= 4 is 34.1 Å². The van der Waals surface area contributed by atoms with Crippen LogP contribution in [-0.2, 0) is 0 Å². The molecule has 0 unspecified atom stereocenters. The number of ether oxygens (including phenoxy) is 3. The molecule has 0 bridgehead atoms. The zero-order chi connectivity index (χ0) is 23.7. The third-order valence-corrected chi connectivity index (χ3v) is 6.13. The van der Waals surface area contributed by atoms with E-state index in [2.05, 4.69) is 32.9 Å². The van der Waals surface area contributed by atoms with Gasteiger partial charge in [0.1, 0.15) is 0 Å². The van der Waals surface area contributed by atoms with E-state index in [1.165, 1.54) is 0 Å². The Hall–Kier alpha value is -4.14. The van der Waals surface area contributed by atoms with Crippen LogP contribution >= 0.6 is 0 Å². The molecule has 0 spiro atoms. The fourth-order valence-electron chi connectivity index (χ4n) is 4.42. The van der Waals surface area contributed by atoms with Crippen molar-refractivity contribution < 1.29 is 19.0 Å². The van der Waals surface area contributed by atoms with E-state index in [1.54, 1.807) is 38.4 Å². The van der Waals surface area contributed by atoms with Crippen LogP contribution in [0.25, 0.3) is 16.6 Å². The molecule has 1 fully saturated rings. The number of rotatable bonds is 5. The summed E-state index contributed by atoms with van der Waals surface area (Å²) in [5, 5.41) is 2.95. The number of fused-ring (bicyclic) bond motifs is 3. The maximum absolute atomic E-state index is 13.0. The molecular weight excluding hydrogens is 434 g/mol. The van der Waals surface area contributed by atoms with Gasteiger partial charge in [-0.05, 0) is 24.3 Å². The first kappa shape index (κ1) is 21.7. The van der Waals surface area contributed by atoms with Crippen molar-refractivity contribution in [3.8, 4) is 17.2 Å². The van der Waals surface area contributed by atoms with Crippen LogP contribution in [0, 0.1) is 0 Å². The summed E-state index contributed by atoms with van der Waals surface area (Å²) in [5.74, 6) is 2.39. The number of carbonyl (C=O) groups excluding carboxylic acids is 1. The minimum atomic E-state index is -0.173. The van der Waals surface area contributed by atoms with Crippen molar-refractivity contribution in [1.29, 1.82) is 0 Å². The Balaban J connectivity index is 1.31. The Labute approximate surface area is 197 Å². The third-order valence-electron chi connectivity index (χ3n) is 6.13. The average Bonchev–Trinajstić information content (AvgIpc) is 3.38. The van der Waals surface area contributed by atoms with Crippen molar-refractivity contribution in [2.45, 2.75) is 0 Å². The van der Waals surface area contributed by atoms with Gasteiger partial charge < -0.3 is 33.7 Å². The number of methoxy groups -OCH3 is 3. The van der Waals surface area contributed by atoms with Crippen LogP contribution in [0.5, 0.6) is 17.2 Å². The topological polar surface area (TPSA) is 80.6 Å². The molecule has 2 aromatic carbocycles. The highest BCUT2D eigenvalue weighted by atomic mass is 16.5. The lowest BCUT2D eigenvalue weighted by Crippen LogP contribution is -2.50. The number of hydrogen-bond donors (Lipinski definition) is 1. The Bertz CT molecular complexity index is 1320. The normalized spacial score (nSPS) is 13.9. The van der Waals surface area contributed by atoms with Crippen molar-refractivity contribution in [2.24, 2.45) is 0 Å². The lowest BCUT2D eigenvalue weighted by atomic mass is 10.2. The molecule has 0 radical (unpaired) electrons. The molecule has 1 aliphatic rings. The molecule has 2 aromatic heterocycles. The second-order valence-electron chi connectivity index (χ2n) is 8.01. The molecule has 2 amide bonds. The van der Waals surface area contributed by atoms with E-state index >= 15 is 0 Å². The molecule has 9 nitrogen and oxygen atoms in total. The van der Waals surface area contributed by atoms with Gasteiger partial charge in [0.25, 0.3) is 0 Å². The number of benzene rings is 2. The summed E-state index contributed by atoms with van der Waals surface area (Å²) in [6, 6.07) is 15.5. The van der Waals surface area contributed by atoms with Crippen LogP contribution in [0.2, 0.25) is 0 Å². The first-order chi connectivity index (χ1) is 16.6. The number of hydrogen-bond acceptors (Lipinski definition) is 6. The van der Waals surface area contributed by atoms with Crippen LogP contribution in [0.3, 0.4) is 0 Å². The second kappa shape index (κ2) is 9.01. The van der Waals surface area contributed by atoms with Crippen molar-refractivity contribution in [3.05, 3.63) is 54.7 Å². The standard InChI is InChI=1S/C25H27N5O4/c1-32-21-15-17(16-22(33-2)23(21)34-3)26-25(31)29-13-11-28(12-14-29)24-20-9-6-10-30(20)19-8-5-4-7-18(19)27-24/h4-10,15-16H,11-14H2,1-3H3,(H,26,31). The Morgan fingerprint density at radius 2 is 1.56 bits per heavy atom. The molecule has 9 heteroatoms. The quantitative estimate of drug-likeness (QED) is 0.486. The number of amides is 2. The first-order valence-corrected chi connectivity index (χ1v) is 11.1. The van der Waals surface area contributed by atoms with E-state index in [0.29, 0.717) is 49.1 Å². The molecule has 4 aromatic rings. The summed E-state index contributed by atoms with van der Waals surface area (Å²) in [5.41, 5.74) is 3.67. The van der Waals surface area contributed by atoms with Crippen molar-refractivity contribution in [1.82, 2.24) is 14.3 Å². The summed E-state index contributed by atoms with van der Waals surface area (Å²) in [4.78, 5) is 22.0. The van der Waals surface area contributed by atoms with Gasteiger partial charge in [0.05, 0.1) is 43.6 Å². The number of piperazine rings is 1. The lowest BCUT2D eigenvalue weighted by Gasteiger charge is -2.35. The van der Waals surface area contributed by atoms with Gasteiger partial charge in [-0.3, -0.25) is 0 Å². The van der Waals surface area contributed by atoms with Crippen LogP contribution < -0.4 is 24.4 Å². The van der Waals surface area contributed by atoms with E-state index in [-0.39, 0.29) is 6.03 Å². The van der Waals surface area contributed by atoms with E-state index in [0.717, 1.165) is 22.4 Å². The van der Waals surface area contributed by atoms with E-state index in [9.17, 15) is 4.79 Å². The van der Waals surface area contributed by atoms with Gasteiger partial charge in [-0.25, -0.2) is 9.78 Å². The number of nitrogens with zero attached hydrogens (tertiary/aromatic N) is 4. The van der Waals surface area contributed by atoms with Gasteiger partial charge >= 0.3 is 6.03 Å². The minimum Gasteiger partial charge on any atom is -0.493 e. The number of nitrogens with one attached hydrogen (secondary N) is 1. The highest BCUT2D eigenvalue weighted by Crippen LogP contribution is 2.40. The number of aromatic nitrogens is 2. The fraction of sp³-hybridized carbons (Fsp3) is 0.280. The SMILES string of the molecule is COc1cc(NC(=O)N2CCN(c3nc4ccccc4n4cccc34)CC2)cc(OC)c1OC. The van der Waals surface area contributed by atoms with Crippen LogP contribution in [0.1, 0.15) is 0 Å². The Morgan fingerprint density at radius 3 is 2.24 bits per heavy atom. The highest BCUT2D eigenvalue weighted by Gasteiger charge is 2.24. The zero-order valence-corrected chi connectivity index (χ0v) is 19.4. The number of para-hydroxylation sites is 2. The molecule has 3 heterocycles. The molecule has 0 saturated carbocycles. The van der Waals surface area contributed by atoms with Crippen LogP contribution in [-0.4, -0.2) is 67.8 Å². The molecule has 34 heavy (non-hydrogen) atoms. The molecular formula is C25H27N5O4. The summed E-state index contributed by atoms with van der Waals surface area (Å²) in [6.07, 6.45) is 2.06. The van der Waals surface area contributed by atoms with Gasteiger partial charge in [-0.1, -0.05) is 12.1 Å². The summed E-state index contributed by atoms with van der Waals surface area (Å²) >= 11 is 0. The average molecular weight is 462 g/mol. The number of carbonyl (C=O) groups is 1. The van der Waals surface area contributed by atoms with Gasteiger partial charge in [0.2, 0.25) is 5.75 Å². The molecule has 1 saturated heterocycles. The number of anilines is 2. The first-order valence-electron chi connectivity index (χ1n) is 11.1. The molecule has 5 rings (SSSR count). The monoisotopic (exact) mass is 461 g/mol. The zero-order valence-electron chi connectivity index (χ0n) is 19.4. The maximum atomic E-state index is 13.0. The summed E-state index contributed by atoms with van der Waals surface area (Å²) in [7, 11) is 4.64. The molecule has 1 N–H and O–H groups in total. The number of urea groups is 1. The highest BCUT2D eigenvalue weighted by molar-refractivity contribution is 5.91. The largest absolute Gasteiger partial charge is 0.493 e. The predicted octanol–water partition coefficient (Wildman–Crippen LogP) is 3.87. The predicted molar refractivity (Wildman–Crippen MR) is 132 cm³/mol. The van der Waals surface area contributed by atoms with Crippen LogP contribution in [0.4, 0.5) is 16.3 Å². The lowest BCUT2D eigenvalue weighted by molar-refractivity contribution is 0.208. The van der Waals surface area contributed by atoms with Crippen molar-refractivity contribution in [2.75, 3.05) is 57.7 Å². The smallest absolute Gasteiger partial charge is 0.321 e. The molecule has 0 aliphatic carbocycles. The van der Waals surface area contributed by atoms with Gasteiger partial charge in [-0.15, -0.1) is 0 Å². The van der Waals surface area contributed by atoms with Gasteiger partial charge in [0, 0.05) is 44.5 Å². The molecule has 176 valence electrons. The summed E-state index contributed by atoms with van der Waals surface area (Å²) in [6.45, 7) is 2.54. The van der Waals surface area contributed by atoms with Crippen molar-refractivity contribution in [3.63, 3.8) is 0 Å². The molecule has 1 aliphatic heterocycles. The Kier molecular flexibility index (Phi) is 5.75. The minimum absolute atomic E-state index is 0.173. The van der Waals surface area contributed by atoms with E-state index in [4.69, 9.17) is 19.2 Å².